The van der Waals surface area contributed by atoms with Crippen molar-refractivity contribution in [2.75, 3.05) is 6.61 Å². The number of hydrogen-bond acceptors (Lipinski definition) is 2. The summed E-state index contributed by atoms with van der Waals surface area (Å²) in [6.07, 6.45) is 0. The van der Waals surface area contributed by atoms with E-state index in [1.807, 2.05) is 13.0 Å². The molecule has 0 atom stereocenters. The van der Waals surface area contributed by atoms with E-state index < -0.39 is 0 Å². The quantitative estimate of drug-likeness (QED) is 0.823. The lowest BCUT2D eigenvalue weighted by Crippen LogP contribution is -2.22. The molecule has 0 aliphatic carbocycles. The van der Waals surface area contributed by atoms with Crippen molar-refractivity contribution in [2.45, 2.75) is 33.4 Å². The number of hydrogen-bond donors (Lipinski definition) is 1. The first-order valence-corrected chi connectivity index (χ1v) is 7.68. The van der Waals surface area contributed by atoms with Crippen LogP contribution >= 0.6 is 11.6 Å². The van der Waals surface area contributed by atoms with Gasteiger partial charge in [-0.15, -0.1) is 0 Å². The number of rotatable bonds is 6. The Bertz CT molecular complexity index is 634. The van der Waals surface area contributed by atoms with Gasteiger partial charge in [0.15, 0.2) is 0 Å². The Morgan fingerprint density at radius 2 is 2.00 bits per heavy atom. The highest BCUT2D eigenvalue weighted by molar-refractivity contribution is 6.25. The van der Waals surface area contributed by atoms with E-state index in [0.717, 1.165) is 17.9 Å². The molecule has 0 radical (unpaired) electrons. The van der Waals surface area contributed by atoms with Gasteiger partial charge in [0.25, 0.3) is 0 Å². The van der Waals surface area contributed by atoms with E-state index in [9.17, 15) is 0 Å². The van der Waals surface area contributed by atoms with Crippen LogP contribution in [0.25, 0.3) is 10.8 Å². The minimum Gasteiger partial charge on any atom is -0.489 e. The molecular formula is C18H22ClNO. The predicted molar refractivity (Wildman–Crippen MR) is 91.0 cm³/mol. The number of benzene rings is 2. The summed E-state index contributed by atoms with van der Waals surface area (Å²) in [6.45, 7) is 7.55. The summed E-state index contributed by atoms with van der Waals surface area (Å²) in [6, 6.07) is 13.0. The van der Waals surface area contributed by atoms with E-state index >= 15 is 0 Å². The van der Waals surface area contributed by atoms with Gasteiger partial charge in [-0.1, -0.05) is 55.8 Å². The molecule has 0 fully saturated rings. The predicted octanol–water partition coefficient (Wildman–Crippen LogP) is 4.86. The summed E-state index contributed by atoms with van der Waals surface area (Å²) in [5.74, 6) is 0.916. The summed E-state index contributed by atoms with van der Waals surface area (Å²) in [7, 11) is 0. The maximum absolute atomic E-state index is 5.94. The summed E-state index contributed by atoms with van der Waals surface area (Å²) in [4.78, 5) is 0. The topological polar surface area (TPSA) is 21.3 Å². The fourth-order valence-corrected chi connectivity index (χ4v) is 2.23. The van der Waals surface area contributed by atoms with Crippen LogP contribution in [0.15, 0.2) is 47.5 Å². The Kier molecular flexibility index (Phi) is 5.66. The van der Waals surface area contributed by atoms with Gasteiger partial charge in [-0.05, 0) is 29.3 Å². The van der Waals surface area contributed by atoms with Crippen molar-refractivity contribution in [3.8, 4) is 5.75 Å². The summed E-state index contributed by atoms with van der Waals surface area (Å²) in [5.41, 5.74) is 3.77. The molecule has 0 aromatic heterocycles. The van der Waals surface area contributed by atoms with Crippen molar-refractivity contribution in [1.82, 2.24) is 5.32 Å². The van der Waals surface area contributed by atoms with E-state index in [1.54, 1.807) is 5.54 Å². The molecule has 0 amide bonds. The Morgan fingerprint density at radius 1 is 1.24 bits per heavy atom. The Labute approximate surface area is 131 Å². The van der Waals surface area contributed by atoms with Crippen LogP contribution in [0.5, 0.6) is 5.75 Å². The third kappa shape index (κ3) is 4.23. The zero-order valence-corrected chi connectivity index (χ0v) is 13.6. The molecule has 2 rings (SSSR count). The van der Waals surface area contributed by atoms with Gasteiger partial charge in [0.05, 0.1) is 0 Å². The SMILES string of the molecule is C/C(=C\Cl)COc1ccc2ccccc2c1CNC(C)C. The van der Waals surface area contributed by atoms with Crippen LogP contribution in [0.2, 0.25) is 0 Å². The number of nitrogens with one attached hydrogen (secondary N) is 1. The lowest BCUT2D eigenvalue weighted by molar-refractivity contribution is 0.347. The maximum Gasteiger partial charge on any atom is 0.124 e. The molecule has 2 aromatic rings. The molecule has 0 saturated carbocycles. The third-order valence-electron chi connectivity index (χ3n) is 3.33. The van der Waals surface area contributed by atoms with Gasteiger partial charge in [0.1, 0.15) is 12.4 Å². The number of ether oxygens (including phenoxy) is 1. The Morgan fingerprint density at radius 3 is 2.71 bits per heavy atom. The number of fused-ring (bicyclic) bond motifs is 1. The van der Waals surface area contributed by atoms with Crippen molar-refractivity contribution in [3.05, 3.63) is 53.1 Å². The normalized spacial score (nSPS) is 12.1. The second-order valence-electron chi connectivity index (χ2n) is 5.54. The molecule has 0 unspecified atom stereocenters. The van der Waals surface area contributed by atoms with E-state index in [0.29, 0.717) is 12.6 Å². The van der Waals surface area contributed by atoms with Gasteiger partial charge in [-0.3, -0.25) is 0 Å². The molecular weight excluding hydrogens is 282 g/mol. The van der Waals surface area contributed by atoms with Crippen LogP contribution < -0.4 is 10.1 Å². The van der Waals surface area contributed by atoms with Gasteiger partial charge >= 0.3 is 0 Å². The lowest BCUT2D eigenvalue weighted by atomic mass is 10.0. The fraction of sp³-hybridized carbons (Fsp3) is 0.333. The average Bonchev–Trinajstić information content (AvgIpc) is 2.50. The first-order valence-electron chi connectivity index (χ1n) is 7.24. The fourth-order valence-electron chi connectivity index (χ4n) is 2.16. The van der Waals surface area contributed by atoms with E-state index in [1.165, 1.54) is 16.3 Å². The maximum atomic E-state index is 5.94. The molecule has 21 heavy (non-hydrogen) atoms. The van der Waals surface area contributed by atoms with E-state index in [-0.39, 0.29) is 0 Å². The molecule has 2 nitrogen and oxygen atoms in total. The van der Waals surface area contributed by atoms with Crippen molar-refractivity contribution in [3.63, 3.8) is 0 Å². The molecule has 0 heterocycles. The van der Waals surface area contributed by atoms with Crippen LogP contribution in [-0.4, -0.2) is 12.6 Å². The van der Waals surface area contributed by atoms with Crippen molar-refractivity contribution >= 4 is 22.4 Å². The second kappa shape index (κ2) is 7.48. The molecule has 1 N–H and O–H groups in total. The minimum atomic E-state index is 0.432. The van der Waals surface area contributed by atoms with Crippen molar-refractivity contribution in [2.24, 2.45) is 0 Å². The molecule has 0 spiro atoms. The monoisotopic (exact) mass is 303 g/mol. The first kappa shape index (κ1) is 15.9. The highest BCUT2D eigenvalue weighted by atomic mass is 35.5. The number of halogens is 1. The summed E-state index contributed by atoms with van der Waals surface area (Å²) < 4.78 is 5.94. The molecule has 3 heteroatoms. The highest BCUT2D eigenvalue weighted by Crippen LogP contribution is 2.28. The lowest BCUT2D eigenvalue weighted by Gasteiger charge is -2.16. The Hall–Kier alpha value is -1.51. The second-order valence-corrected chi connectivity index (χ2v) is 5.76. The van der Waals surface area contributed by atoms with Gasteiger partial charge in [-0.25, -0.2) is 0 Å². The van der Waals surface area contributed by atoms with Crippen LogP contribution in [0, 0.1) is 0 Å². The molecule has 112 valence electrons. The van der Waals surface area contributed by atoms with Crippen LogP contribution in [0.1, 0.15) is 26.3 Å². The molecule has 0 aliphatic heterocycles. The van der Waals surface area contributed by atoms with Crippen LogP contribution in [0.4, 0.5) is 0 Å². The average molecular weight is 304 g/mol. The van der Waals surface area contributed by atoms with Gasteiger partial charge < -0.3 is 10.1 Å². The molecule has 0 bridgehead atoms. The van der Waals surface area contributed by atoms with Gasteiger partial charge in [0.2, 0.25) is 0 Å². The largest absolute Gasteiger partial charge is 0.489 e. The molecule has 0 saturated heterocycles. The molecule has 0 aliphatic rings. The van der Waals surface area contributed by atoms with Crippen LogP contribution in [0.3, 0.4) is 0 Å². The summed E-state index contributed by atoms with van der Waals surface area (Å²) in [5, 5.41) is 5.94. The van der Waals surface area contributed by atoms with E-state index in [2.05, 4.69) is 49.5 Å². The minimum absolute atomic E-state index is 0.432. The summed E-state index contributed by atoms with van der Waals surface area (Å²) >= 11 is 5.70. The van der Waals surface area contributed by atoms with Crippen LogP contribution in [-0.2, 0) is 6.54 Å². The third-order valence-corrected chi connectivity index (χ3v) is 3.70. The zero-order chi connectivity index (χ0) is 15.2. The standard InChI is InChI=1S/C18H22ClNO/c1-13(2)20-11-17-16-7-5-4-6-15(16)8-9-18(17)21-12-14(3)10-19/h4-10,13,20H,11-12H2,1-3H3/b14-10+. The van der Waals surface area contributed by atoms with Crippen molar-refractivity contribution in [1.29, 1.82) is 0 Å². The van der Waals surface area contributed by atoms with Gasteiger partial charge in [-0.2, -0.15) is 0 Å². The molecule has 2 aromatic carbocycles. The van der Waals surface area contributed by atoms with Crippen molar-refractivity contribution < 1.29 is 4.74 Å². The smallest absolute Gasteiger partial charge is 0.124 e. The van der Waals surface area contributed by atoms with E-state index in [4.69, 9.17) is 16.3 Å². The zero-order valence-electron chi connectivity index (χ0n) is 12.8. The Balaban J connectivity index is 2.35. The highest BCUT2D eigenvalue weighted by Gasteiger charge is 2.09. The first-order chi connectivity index (χ1) is 10.1. The van der Waals surface area contributed by atoms with Gasteiger partial charge in [0, 0.05) is 23.7 Å².